The molecule has 0 saturated heterocycles. The Bertz CT molecular complexity index is 942. The summed E-state index contributed by atoms with van der Waals surface area (Å²) in [5, 5.41) is 2.37. The molecule has 0 saturated carbocycles. The Kier molecular flexibility index (Phi) is 6.04. The van der Waals surface area contributed by atoms with E-state index in [4.69, 9.17) is 0 Å². The summed E-state index contributed by atoms with van der Waals surface area (Å²) in [5.74, 6) is -0.594. The number of halogens is 1. The average Bonchev–Trinajstić information content (AvgIpc) is 2.68. The maximum absolute atomic E-state index is 13.2. The predicted octanol–water partition coefficient (Wildman–Crippen LogP) is 5.50. The van der Waals surface area contributed by atoms with E-state index in [1.807, 2.05) is 30.3 Å². The zero-order chi connectivity index (χ0) is 19.2. The van der Waals surface area contributed by atoms with Crippen molar-refractivity contribution in [1.29, 1.82) is 0 Å². The van der Waals surface area contributed by atoms with Gasteiger partial charge in [0, 0.05) is 16.1 Å². The van der Waals surface area contributed by atoms with Crippen molar-refractivity contribution in [2.75, 3.05) is 5.32 Å². The molecule has 27 heavy (non-hydrogen) atoms. The summed E-state index contributed by atoms with van der Waals surface area (Å²) in [6.07, 6.45) is 0. The van der Waals surface area contributed by atoms with E-state index in [9.17, 15) is 14.0 Å². The lowest BCUT2D eigenvalue weighted by Gasteiger charge is -2.17. The van der Waals surface area contributed by atoms with Crippen LogP contribution in [0.2, 0.25) is 0 Å². The summed E-state index contributed by atoms with van der Waals surface area (Å²) in [4.78, 5) is 25.3. The molecule has 1 unspecified atom stereocenters. The number of nitrogens with one attached hydrogen (secondary N) is 1. The molecule has 0 aliphatic rings. The molecule has 0 aromatic heterocycles. The third kappa shape index (κ3) is 5.05. The van der Waals surface area contributed by atoms with E-state index in [0.717, 1.165) is 10.5 Å². The van der Waals surface area contributed by atoms with E-state index >= 15 is 0 Å². The van der Waals surface area contributed by atoms with Gasteiger partial charge in [-0.15, -0.1) is 11.8 Å². The van der Waals surface area contributed by atoms with E-state index in [0.29, 0.717) is 11.3 Å². The topological polar surface area (TPSA) is 46.2 Å². The lowest BCUT2D eigenvalue weighted by atomic mass is 10.1. The summed E-state index contributed by atoms with van der Waals surface area (Å²) in [6.45, 7) is 1.48. The average molecular weight is 379 g/mol. The summed E-state index contributed by atoms with van der Waals surface area (Å²) >= 11 is 1.34. The molecule has 3 aromatic carbocycles. The molecule has 3 rings (SSSR count). The van der Waals surface area contributed by atoms with Gasteiger partial charge in [0.1, 0.15) is 11.1 Å². The standard InChI is InChI=1S/C22H18FNO2S/c1-15(25)17-8-5-9-19(14-17)24-22(26)21(16-6-3-2-4-7-16)27-20-12-10-18(23)11-13-20/h2-14,21H,1H3,(H,24,26). The van der Waals surface area contributed by atoms with E-state index in [1.165, 1.54) is 30.8 Å². The van der Waals surface area contributed by atoms with E-state index in [1.54, 1.807) is 36.4 Å². The molecular weight excluding hydrogens is 361 g/mol. The second-order valence-corrected chi connectivity index (χ2v) is 7.17. The summed E-state index contributed by atoms with van der Waals surface area (Å²) in [5.41, 5.74) is 1.94. The molecule has 3 aromatic rings. The van der Waals surface area contributed by atoms with Gasteiger partial charge in [0.2, 0.25) is 5.91 Å². The van der Waals surface area contributed by atoms with Crippen molar-refractivity contribution in [2.24, 2.45) is 0 Å². The molecule has 1 N–H and O–H groups in total. The number of hydrogen-bond donors (Lipinski definition) is 1. The van der Waals surface area contributed by atoms with E-state index < -0.39 is 5.25 Å². The number of carbonyl (C=O) groups excluding carboxylic acids is 2. The fraction of sp³-hybridized carbons (Fsp3) is 0.0909. The number of thioether (sulfide) groups is 1. The van der Waals surface area contributed by atoms with Gasteiger partial charge in [-0.25, -0.2) is 4.39 Å². The first kappa shape index (κ1) is 18.9. The Morgan fingerprint density at radius 2 is 1.63 bits per heavy atom. The van der Waals surface area contributed by atoms with Crippen LogP contribution < -0.4 is 5.32 Å². The molecule has 3 nitrogen and oxygen atoms in total. The van der Waals surface area contributed by atoms with Crippen molar-refractivity contribution in [3.8, 4) is 0 Å². The molecule has 0 bridgehead atoms. The van der Waals surface area contributed by atoms with Gasteiger partial charge in [-0.3, -0.25) is 9.59 Å². The zero-order valence-corrected chi connectivity index (χ0v) is 15.5. The monoisotopic (exact) mass is 379 g/mol. The summed E-state index contributed by atoms with van der Waals surface area (Å²) in [6, 6.07) is 22.3. The predicted molar refractivity (Wildman–Crippen MR) is 107 cm³/mol. The Labute approximate surface area is 161 Å². The van der Waals surface area contributed by atoms with Gasteiger partial charge in [0.15, 0.2) is 5.78 Å². The first-order chi connectivity index (χ1) is 13.0. The number of rotatable bonds is 6. The molecule has 1 amide bonds. The minimum Gasteiger partial charge on any atom is -0.325 e. The molecule has 136 valence electrons. The minimum atomic E-state index is -0.516. The number of anilines is 1. The van der Waals surface area contributed by atoms with E-state index in [-0.39, 0.29) is 17.5 Å². The molecule has 0 spiro atoms. The van der Waals surface area contributed by atoms with Crippen molar-refractivity contribution in [3.05, 3.63) is 95.8 Å². The highest BCUT2D eigenvalue weighted by Gasteiger charge is 2.22. The van der Waals surface area contributed by atoms with Crippen LogP contribution in [0.5, 0.6) is 0 Å². The largest absolute Gasteiger partial charge is 0.325 e. The maximum atomic E-state index is 13.2. The quantitative estimate of drug-likeness (QED) is 0.454. The van der Waals surface area contributed by atoms with Gasteiger partial charge in [-0.05, 0) is 48.9 Å². The van der Waals surface area contributed by atoms with E-state index in [2.05, 4.69) is 5.32 Å². The third-order valence-electron chi connectivity index (χ3n) is 3.94. The number of benzene rings is 3. The lowest BCUT2D eigenvalue weighted by molar-refractivity contribution is -0.115. The van der Waals surface area contributed by atoms with Crippen LogP contribution in [0.4, 0.5) is 10.1 Å². The van der Waals surface area contributed by atoms with Crippen LogP contribution in [-0.4, -0.2) is 11.7 Å². The lowest BCUT2D eigenvalue weighted by Crippen LogP contribution is -2.19. The SMILES string of the molecule is CC(=O)c1cccc(NC(=O)C(Sc2ccc(F)cc2)c2ccccc2)c1. The van der Waals surface area contributed by atoms with Crippen LogP contribution >= 0.6 is 11.8 Å². The number of carbonyl (C=O) groups is 2. The molecule has 0 heterocycles. The Morgan fingerprint density at radius 3 is 2.30 bits per heavy atom. The fourth-order valence-corrected chi connectivity index (χ4v) is 3.60. The van der Waals surface area contributed by atoms with Gasteiger partial charge >= 0.3 is 0 Å². The van der Waals surface area contributed by atoms with Crippen molar-refractivity contribution in [1.82, 2.24) is 0 Å². The molecule has 0 radical (unpaired) electrons. The van der Waals surface area contributed by atoms with Crippen LogP contribution in [0.3, 0.4) is 0 Å². The first-order valence-electron chi connectivity index (χ1n) is 8.42. The smallest absolute Gasteiger partial charge is 0.242 e. The second-order valence-electron chi connectivity index (χ2n) is 5.99. The Hall–Kier alpha value is -2.92. The summed E-state index contributed by atoms with van der Waals surface area (Å²) in [7, 11) is 0. The van der Waals surface area contributed by atoms with Crippen molar-refractivity contribution in [3.63, 3.8) is 0 Å². The third-order valence-corrected chi connectivity index (χ3v) is 5.21. The van der Waals surface area contributed by atoms with Crippen LogP contribution in [0.25, 0.3) is 0 Å². The Morgan fingerprint density at radius 1 is 0.926 bits per heavy atom. The second kappa shape index (κ2) is 8.64. The number of hydrogen-bond acceptors (Lipinski definition) is 3. The normalized spacial score (nSPS) is 11.6. The molecule has 0 fully saturated rings. The molecule has 1 atom stereocenters. The van der Waals surface area contributed by atoms with Crippen LogP contribution in [0.15, 0.2) is 83.8 Å². The van der Waals surface area contributed by atoms with Crippen LogP contribution in [-0.2, 0) is 4.79 Å². The molecular formula is C22H18FNO2S. The van der Waals surface area contributed by atoms with Gasteiger partial charge in [-0.2, -0.15) is 0 Å². The fourth-order valence-electron chi connectivity index (χ4n) is 2.57. The van der Waals surface area contributed by atoms with Gasteiger partial charge in [0.25, 0.3) is 0 Å². The van der Waals surface area contributed by atoms with Gasteiger partial charge < -0.3 is 5.32 Å². The maximum Gasteiger partial charge on any atom is 0.242 e. The molecule has 5 heteroatoms. The summed E-state index contributed by atoms with van der Waals surface area (Å²) < 4.78 is 13.2. The van der Waals surface area contributed by atoms with Crippen molar-refractivity contribution >= 4 is 29.1 Å². The van der Waals surface area contributed by atoms with Crippen molar-refractivity contribution < 1.29 is 14.0 Å². The first-order valence-corrected chi connectivity index (χ1v) is 9.30. The highest BCUT2D eigenvalue weighted by atomic mass is 32.2. The number of amides is 1. The van der Waals surface area contributed by atoms with Gasteiger partial charge in [0.05, 0.1) is 0 Å². The minimum absolute atomic E-state index is 0.0635. The Balaban J connectivity index is 1.85. The number of ketones is 1. The van der Waals surface area contributed by atoms with Crippen molar-refractivity contribution in [2.45, 2.75) is 17.1 Å². The number of Topliss-reactive ketones (excluding diaryl/α,β-unsaturated/α-hetero) is 1. The van der Waals surface area contributed by atoms with Gasteiger partial charge in [-0.1, -0.05) is 42.5 Å². The molecule has 0 aliphatic carbocycles. The highest BCUT2D eigenvalue weighted by Crippen LogP contribution is 2.36. The highest BCUT2D eigenvalue weighted by molar-refractivity contribution is 8.00. The van der Waals surface area contributed by atoms with Crippen LogP contribution in [0, 0.1) is 5.82 Å². The zero-order valence-electron chi connectivity index (χ0n) is 14.7. The van der Waals surface area contributed by atoms with Crippen LogP contribution in [0.1, 0.15) is 28.1 Å². The molecule has 0 aliphatic heterocycles.